The third-order valence-corrected chi connectivity index (χ3v) is 1.64. The lowest BCUT2D eigenvalue weighted by atomic mass is 10.1. The van der Waals surface area contributed by atoms with E-state index in [4.69, 9.17) is 0 Å². The monoisotopic (exact) mass is 218 g/mol. The molecule has 5 heteroatoms. The Hall–Kier alpha value is -1.52. The molecule has 1 aromatic rings. The first-order valence-corrected chi connectivity index (χ1v) is 4.16. The van der Waals surface area contributed by atoms with Gasteiger partial charge in [-0.2, -0.15) is 13.2 Å². The van der Waals surface area contributed by atoms with Crippen LogP contribution in [0, 0.1) is 13.8 Å². The van der Waals surface area contributed by atoms with E-state index in [0.717, 1.165) is 11.1 Å². The lowest BCUT2D eigenvalue weighted by Crippen LogP contribution is -2.28. The van der Waals surface area contributed by atoms with Crippen LogP contribution in [0.1, 0.15) is 11.1 Å². The highest BCUT2D eigenvalue weighted by Gasteiger charge is 2.41. The second kappa shape index (κ2) is 3.92. The summed E-state index contributed by atoms with van der Waals surface area (Å²) in [6.45, 7) is 3.41. The largest absolute Gasteiger partial charge is 0.491 e. The van der Waals surface area contributed by atoms with Crippen molar-refractivity contribution in [3.8, 4) is 5.75 Å². The van der Waals surface area contributed by atoms with Crippen molar-refractivity contribution in [2.24, 2.45) is 0 Å². The number of carbonyl (C=O) groups is 1. The Bertz CT molecular complexity index is 362. The highest BCUT2D eigenvalue weighted by Crippen LogP contribution is 2.21. The van der Waals surface area contributed by atoms with Gasteiger partial charge in [-0.3, -0.25) is 0 Å². The smallest absolute Gasteiger partial charge is 0.420 e. The lowest BCUT2D eigenvalue weighted by molar-refractivity contribution is -0.189. The fourth-order valence-electron chi connectivity index (χ4n) is 1.16. The molecule has 0 saturated carbocycles. The summed E-state index contributed by atoms with van der Waals surface area (Å²) >= 11 is 0. The Morgan fingerprint density at radius 3 is 2.00 bits per heavy atom. The zero-order chi connectivity index (χ0) is 11.6. The molecular weight excluding hydrogens is 209 g/mol. The minimum Gasteiger partial charge on any atom is -0.420 e. The van der Waals surface area contributed by atoms with Gasteiger partial charge >= 0.3 is 12.1 Å². The number of ether oxygens (including phenoxy) is 1. The van der Waals surface area contributed by atoms with Crippen molar-refractivity contribution in [3.63, 3.8) is 0 Å². The molecule has 82 valence electrons. The van der Waals surface area contributed by atoms with Gasteiger partial charge in [-0.05, 0) is 37.1 Å². The second-order valence-corrected chi connectivity index (χ2v) is 3.21. The summed E-state index contributed by atoms with van der Waals surface area (Å²) in [5.41, 5.74) is 1.47. The fourth-order valence-corrected chi connectivity index (χ4v) is 1.16. The summed E-state index contributed by atoms with van der Waals surface area (Å²) in [5.74, 6) is -2.29. The molecule has 0 aliphatic carbocycles. The van der Waals surface area contributed by atoms with Crippen LogP contribution in [0.3, 0.4) is 0 Å². The number of esters is 1. The number of benzene rings is 1. The van der Waals surface area contributed by atoms with E-state index in [0.29, 0.717) is 0 Å². The molecule has 0 unspecified atom stereocenters. The van der Waals surface area contributed by atoms with Crippen LogP contribution in [-0.4, -0.2) is 12.1 Å². The first-order valence-electron chi connectivity index (χ1n) is 4.16. The van der Waals surface area contributed by atoms with Gasteiger partial charge in [-0.25, -0.2) is 4.79 Å². The second-order valence-electron chi connectivity index (χ2n) is 3.21. The Morgan fingerprint density at radius 2 is 1.60 bits per heavy atom. The van der Waals surface area contributed by atoms with Crippen LogP contribution in [0.5, 0.6) is 5.75 Å². The number of alkyl halides is 3. The number of halogens is 3. The van der Waals surface area contributed by atoms with Crippen LogP contribution in [0.25, 0.3) is 0 Å². The molecular formula is C10H9F3O2. The summed E-state index contributed by atoms with van der Waals surface area (Å²) < 4.78 is 39.8. The van der Waals surface area contributed by atoms with Crippen LogP contribution in [0.2, 0.25) is 0 Å². The first-order chi connectivity index (χ1) is 6.79. The zero-order valence-corrected chi connectivity index (χ0v) is 8.18. The van der Waals surface area contributed by atoms with Gasteiger partial charge in [-0.15, -0.1) is 0 Å². The minimum absolute atomic E-state index is 0.0881. The van der Waals surface area contributed by atoms with E-state index < -0.39 is 12.1 Å². The van der Waals surface area contributed by atoms with Gasteiger partial charge in [-0.1, -0.05) is 6.07 Å². The standard InChI is InChI=1S/C10H9F3O2/c1-6-3-7(2)5-8(4-6)15-9(14)10(11,12)13/h3-5H,1-2H3. The van der Waals surface area contributed by atoms with E-state index in [2.05, 4.69) is 4.74 Å². The van der Waals surface area contributed by atoms with Crippen LogP contribution in [0.4, 0.5) is 13.2 Å². The van der Waals surface area contributed by atoms with Gasteiger partial charge in [0, 0.05) is 0 Å². The Labute approximate surface area is 84.7 Å². The maximum atomic E-state index is 11.9. The average Bonchev–Trinajstić information content (AvgIpc) is 1.99. The first kappa shape index (κ1) is 11.6. The molecule has 0 saturated heterocycles. The molecule has 0 aromatic heterocycles. The van der Waals surface area contributed by atoms with Gasteiger partial charge < -0.3 is 4.74 Å². The van der Waals surface area contributed by atoms with Crippen LogP contribution in [-0.2, 0) is 4.79 Å². The SMILES string of the molecule is Cc1cc(C)cc(OC(=O)C(F)(F)F)c1. The molecule has 0 atom stereocenters. The summed E-state index contributed by atoms with van der Waals surface area (Å²) in [7, 11) is 0. The van der Waals surface area contributed by atoms with Gasteiger partial charge in [0.1, 0.15) is 5.75 Å². The minimum atomic E-state index is -4.96. The normalized spacial score (nSPS) is 11.3. The number of carbonyl (C=O) groups excluding carboxylic acids is 1. The van der Waals surface area contributed by atoms with Gasteiger partial charge in [0.2, 0.25) is 0 Å². The molecule has 0 amide bonds. The molecule has 1 aromatic carbocycles. The van der Waals surface area contributed by atoms with Gasteiger partial charge in [0.05, 0.1) is 0 Å². The molecule has 15 heavy (non-hydrogen) atoms. The highest BCUT2D eigenvalue weighted by molar-refractivity contribution is 5.78. The molecule has 0 bridgehead atoms. The third kappa shape index (κ3) is 3.27. The summed E-state index contributed by atoms with van der Waals surface area (Å²) in [4.78, 5) is 10.5. The Morgan fingerprint density at radius 1 is 1.13 bits per heavy atom. The fraction of sp³-hybridized carbons (Fsp3) is 0.300. The molecule has 0 fully saturated rings. The molecule has 2 nitrogen and oxygen atoms in total. The predicted octanol–water partition coefficient (Wildman–Crippen LogP) is 2.77. The highest BCUT2D eigenvalue weighted by atomic mass is 19.4. The van der Waals surface area contributed by atoms with Crippen molar-refractivity contribution in [3.05, 3.63) is 29.3 Å². The summed E-state index contributed by atoms with van der Waals surface area (Å²) in [5, 5.41) is 0. The van der Waals surface area contributed by atoms with E-state index in [1.165, 1.54) is 12.1 Å². The number of hydrogen-bond donors (Lipinski definition) is 0. The van der Waals surface area contributed by atoms with Crippen molar-refractivity contribution in [1.29, 1.82) is 0 Å². The van der Waals surface area contributed by atoms with E-state index in [1.54, 1.807) is 19.9 Å². The van der Waals surface area contributed by atoms with E-state index >= 15 is 0 Å². The maximum Gasteiger partial charge on any atom is 0.491 e. The van der Waals surface area contributed by atoms with Crippen LogP contribution >= 0.6 is 0 Å². The molecule has 0 aliphatic heterocycles. The summed E-state index contributed by atoms with van der Waals surface area (Å²) in [6, 6.07) is 4.51. The zero-order valence-electron chi connectivity index (χ0n) is 8.18. The van der Waals surface area contributed by atoms with Crippen molar-refractivity contribution in [2.45, 2.75) is 20.0 Å². The molecule has 0 N–H and O–H groups in total. The molecule has 0 spiro atoms. The van der Waals surface area contributed by atoms with Crippen LogP contribution in [0.15, 0.2) is 18.2 Å². The van der Waals surface area contributed by atoms with Crippen LogP contribution < -0.4 is 4.74 Å². The van der Waals surface area contributed by atoms with Crippen molar-refractivity contribution >= 4 is 5.97 Å². The van der Waals surface area contributed by atoms with Crippen molar-refractivity contribution in [1.82, 2.24) is 0 Å². The van der Waals surface area contributed by atoms with Crippen molar-refractivity contribution in [2.75, 3.05) is 0 Å². The van der Waals surface area contributed by atoms with Gasteiger partial charge in [0.15, 0.2) is 0 Å². The number of aryl methyl sites for hydroxylation is 2. The van der Waals surface area contributed by atoms with E-state index in [1.807, 2.05) is 0 Å². The van der Waals surface area contributed by atoms with Crippen molar-refractivity contribution < 1.29 is 22.7 Å². The molecule has 0 aliphatic rings. The molecule has 1 rings (SSSR count). The van der Waals surface area contributed by atoms with E-state index in [9.17, 15) is 18.0 Å². The van der Waals surface area contributed by atoms with Gasteiger partial charge in [0.25, 0.3) is 0 Å². The Kier molecular flexibility index (Phi) is 3.02. The Balaban J connectivity index is 2.86. The maximum absolute atomic E-state index is 11.9. The van der Waals surface area contributed by atoms with E-state index in [-0.39, 0.29) is 5.75 Å². The number of hydrogen-bond acceptors (Lipinski definition) is 2. The third-order valence-electron chi connectivity index (χ3n) is 1.64. The summed E-state index contributed by atoms with van der Waals surface area (Å²) in [6.07, 6.45) is -4.96. The lowest BCUT2D eigenvalue weighted by Gasteiger charge is -2.08. The molecule has 0 heterocycles. The topological polar surface area (TPSA) is 26.3 Å². The average molecular weight is 218 g/mol. The molecule has 0 radical (unpaired) electrons. The predicted molar refractivity (Wildman–Crippen MR) is 47.6 cm³/mol. The quantitative estimate of drug-likeness (QED) is 0.535. The number of rotatable bonds is 1.